The van der Waals surface area contributed by atoms with Crippen molar-refractivity contribution in [3.63, 3.8) is 0 Å². The van der Waals surface area contributed by atoms with E-state index in [9.17, 15) is 0 Å². The van der Waals surface area contributed by atoms with Gasteiger partial charge >= 0.3 is 0 Å². The first kappa shape index (κ1) is 16.5. The molecule has 0 aliphatic heterocycles. The van der Waals surface area contributed by atoms with Crippen LogP contribution in [0.4, 0.5) is 0 Å². The van der Waals surface area contributed by atoms with Crippen molar-refractivity contribution in [3.05, 3.63) is 54.2 Å². The topological polar surface area (TPSA) is 64.7 Å². The van der Waals surface area contributed by atoms with Crippen LogP contribution >= 0.6 is 0 Å². The lowest BCUT2D eigenvalue weighted by atomic mass is 10.0. The molecule has 0 fully saturated rings. The maximum atomic E-state index is 6.30. The Morgan fingerprint density at radius 2 is 1.75 bits per heavy atom. The van der Waals surface area contributed by atoms with Gasteiger partial charge in [0.1, 0.15) is 5.82 Å². The second-order valence-corrected chi connectivity index (χ2v) is 6.59. The minimum absolute atomic E-state index is 0.112. The van der Waals surface area contributed by atoms with Gasteiger partial charge in [0.05, 0.1) is 17.3 Å². The fourth-order valence-corrected chi connectivity index (χ4v) is 2.98. The normalized spacial score (nSPS) is 12.7. The van der Waals surface area contributed by atoms with Gasteiger partial charge in [0.25, 0.3) is 0 Å². The molecule has 124 valence electrons. The lowest BCUT2D eigenvalue weighted by Crippen LogP contribution is -2.17. The highest BCUT2D eigenvalue weighted by Gasteiger charge is 2.15. The third-order valence-corrected chi connectivity index (χ3v) is 4.20. The van der Waals surface area contributed by atoms with E-state index in [2.05, 4.69) is 44.0 Å². The van der Waals surface area contributed by atoms with Crippen LogP contribution in [0.3, 0.4) is 0 Å². The van der Waals surface area contributed by atoms with Crippen LogP contribution in [-0.4, -0.2) is 15.0 Å². The molecule has 1 atom stereocenters. The molecule has 2 heterocycles. The Morgan fingerprint density at radius 3 is 2.42 bits per heavy atom. The number of fused-ring (bicyclic) bond motifs is 1. The average molecular weight is 320 g/mol. The fraction of sp³-hybridized carbons (Fsp3) is 0.350. The monoisotopic (exact) mass is 320 g/mol. The summed E-state index contributed by atoms with van der Waals surface area (Å²) in [6, 6.07) is 10.3. The summed E-state index contributed by atoms with van der Waals surface area (Å²) in [5.74, 6) is 1.28. The number of aryl methyl sites for hydroxylation is 1. The van der Waals surface area contributed by atoms with Gasteiger partial charge in [0, 0.05) is 17.8 Å². The molecule has 0 radical (unpaired) electrons. The maximum Gasteiger partial charge on any atom is 0.145 e. The van der Waals surface area contributed by atoms with Crippen molar-refractivity contribution in [2.75, 3.05) is 0 Å². The van der Waals surface area contributed by atoms with Gasteiger partial charge in [-0.3, -0.25) is 4.98 Å². The summed E-state index contributed by atoms with van der Waals surface area (Å²) in [6.45, 7) is 6.46. The summed E-state index contributed by atoms with van der Waals surface area (Å²) in [5, 5.41) is 1.10. The van der Waals surface area contributed by atoms with E-state index in [1.54, 1.807) is 0 Å². The number of nitrogens with two attached hydrogens (primary N) is 1. The number of rotatable bonds is 5. The number of hydrogen-bond donors (Lipinski definition) is 1. The first-order valence-electron chi connectivity index (χ1n) is 8.55. The van der Waals surface area contributed by atoms with E-state index in [0.717, 1.165) is 46.4 Å². The molecule has 4 heteroatoms. The molecule has 3 rings (SSSR count). The highest BCUT2D eigenvalue weighted by Crippen LogP contribution is 2.26. The summed E-state index contributed by atoms with van der Waals surface area (Å²) in [7, 11) is 0. The van der Waals surface area contributed by atoms with Crippen LogP contribution in [0.25, 0.3) is 22.0 Å². The van der Waals surface area contributed by atoms with Gasteiger partial charge in [-0.2, -0.15) is 0 Å². The number of nitrogens with zero attached hydrogens (tertiary/aromatic N) is 3. The summed E-state index contributed by atoms with van der Waals surface area (Å²) < 4.78 is 0. The minimum atomic E-state index is -0.112. The van der Waals surface area contributed by atoms with Crippen LogP contribution in [0.5, 0.6) is 0 Å². The number of aromatic nitrogens is 3. The highest BCUT2D eigenvalue weighted by atomic mass is 14.9. The van der Waals surface area contributed by atoms with Crippen LogP contribution < -0.4 is 5.73 Å². The molecule has 0 amide bonds. The minimum Gasteiger partial charge on any atom is -0.321 e. The lowest BCUT2D eigenvalue weighted by molar-refractivity contribution is 0.493. The van der Waals surface area contributed by atoms with E-state index < -0.39 is 0 Å². The van der Waals surface area contributed by atoms with Crippen molar-refractivity contribution in [3.8, 4) is 11.1 Å². The van der Waals surface area contributed by atoms with E-state index in [-0.39, 0.29) is 6.04 Å². The van der Waals surface area contributed by atoms with Gasteiger partial charge in [0.15, 0.2) is 0 Å². The van der Waals surface area contributed by atoms with Gasteiger partial charge in [0.2, 0.25) is 0 Å². The predicted molar refractivity (Wildman–Crippen MR) is 98.5 cm³/mol. The third kappa shape index (κ3) is 3.44. The Hall–Kier alpha value is -2.33. The van der Waals surface area contributed by atoms with Crippen LogP contribution in [0.15, 0.2) is 42.7 Å². The van der Waals surface area contributed by atoms with Gasteiger partial charge in [-0.25, -0.2) is 9.97 Å². The average Bonchev–Trinajstić information content (AvgIpc) is 2.60. The molecular formula is C20H24N4. The molecule has 0 spiro atoms. The van der Waals surface area contributed by atoms with Crippen molar-refractivity contribution in [1.82, 2.24) is 15.0 Å². The van der Waals surface area contributed by atoms with E-state index in [4.69, 9.17) is 15.7 Å². The standard InChI is InChI=1S/C20H24N4/c1-4-18-16-12-15(14-7-9-22-10-8-14)5-6-19(16)24-20(23-18)17(21)11-13(2)3/h5-10,12-13,17H,4,11,21H2,1-3H3. The van der Waals surface area contributed by atoms with Crippen molar-refractivity contribution < 1.29 is 0 Å². The summed E-state index contributed by atoms with van der Waals surface area (Å²) in [5.41, 5.74) is 10.6. The number of hydrogen-bond acceptors (Lipinski definition) is 4. The van der Waals surface area contributed by atoms with Crippen LogP contribution in [0.1, 0.15) is 44.8 Å². The van der Waals surface area contributed by atoms with Crippen LogP contribution in [0, 0.1) is 5.92 Å². The molecule has 0 saturated heterocycles. The van der Waals surface area contributed by atoms with Crippen molar-refractivity contribution in [2.45, 2.75) is 39.7 Å². The molecule has 1 unspecified atom stereocenters. The predicted octanol–water partition coefficient (Wildman–Crippen LogP) is 4.30. The van der Waals surface area contributed by atoms with Gasteiger partial charge in [-0.1, -0.05) is 26.8 Å². The second kappa shape index (κ2) is 7.05. The molecule has 2 N–H and O–H groups in total. The smallest absolute Gasteiger partial charge is 0.145 e. The van der Waals surface area contributed by atoms with E-state index >= 15 is 0 Å². The Bertz CT molecular complexity index is 828. The molecular weight excluding hydrogens is 296 g/mol. The summed E-state index contributed by atoms with van der Waals surface area (Å²) >= 11 is 0. The molecule has 4 nitrogen and oxygen atoms in total. The van der Waals surface area contributed by atoms with E-state index in [0.29, 0.717) is 5.92 Å². The fourth-order valence-electron chi connectivity index (χ4n) is 2.98. The zero-order valence-corrected chi connectivity index (χ0v) is 14.5. The van der Waals surface area contributed by atoms with Crippen LogP contribution in [-0.2, 0) is 6.42 Å². The molecule has 0 bridgehead atoms. The Balaban J connectivity index is 2.07. The molecule has 0 saturated carbocycles. The van der Waals surface area contributed by atoms with Gasteiger partial charge < -0.3 is 5.73 Å². The Morgan fingerprint density at radius 1 is 1.00 bits per heavy atom. The van der Waals surface area contributed by atoms with Crippen molar-refractivity contribution >= 4 is 10.9 Å². The summed E-state index contributed by atoms with van der Waals surface area (Å²) in [6.07, 6.45) is 5.37. The zero-order chi connectivity index (χ0) is 17.1. The highest BCUT2D eigenvalue weighted by molar-refractivity contribution is 5.86. The SMILES string of the molecule is CCc1nc(C(N)CC(C)C)nc2ccc(-c3ccncc3)cc12. The molecule has 3 aromatic rings. The molecule has 2 aromatic heterocycles. The third-order valence-electron chi connectivity index (χ3n) is 4.20. The van der Waals surface area contributed by atoms with E-state index in [1.807, 2.05) is 24.5 Å². The lowest BCUT2D eigenvalue weighted by Gasteiger charge is -2.15. The van der Waals surface area contributed by atoms with Gasteiger partial charge in [-0.05, 0) is 54.2 Å². The van der Waals surface area contributed by atoms with Crippen molar-refractivity contribution in [2.24, 2.45) is 11.7 Å². The zero-order valence-electron chi connectivity index (χ0n) is 14.5. The van der Waals surface area contributed by atoms with Gasteiger partial charge in [-0.15, -0.1) is 0 Å². The van der Waals surface area contributed by atoms with Crippen LogP contribution in [0.2, 0.25) is 0 Å². The number of benzene rings is 1. The molecule has 24 heavy (non-hydrogen) atoms. The first-order valence-corrected chi connectivity index (χ1v) is 8.55. The quantitative estimate of drug-likeness (QED) is 0.761. The largest absolute Gasteiger partial charge is 0.321 e. The molecule has 0 aliphatic rings. The Labute approximate surface area is 143 Å². The molecule has 0 aliphatic carbocycles. The second-order valence-electron chi connectivity index (χ2n) is 6.59. The maximum absolute atomic E-state index is 6.30. The summed E-state index contributed by atoms with van der Waals surface area (Å²) in [4.78, 5) is 13.6. The molecule has 1 aromatic carbocycles. The number of pyridine rings is 1. The first-order chi connectivity index (χ1) is 11.6. The van der Waals surface area contributed by atoms with E-state index in [1.165, 1.54) is 0 Å². The van der Waals surface area contributed by atoms with Crippen molar-refractivity contribution in [1.29, 1.82) is 0 Å². The Kier molecular flexibility index (Phi) is 4.86.